The fourth-order valence-electron chi connectivity index (χ4n) is 3.86. The number of aromatic nitrogens is 4. The Labute approximate surface area is 189 Å². The number of aryl methyl sites for hydroxylation is 2. The molecule has 0 aliphatic carbocycles. The number of aromatic amines is 1. The number of imidazole rings is 1. The zero-order valence-electron chi connectivity index (χ0n) is 17.1. The molecule has 1 aliphatic rings. The zero-order chi connectivity index (χ0) is 19.3. The summed E-state index contributed by atoms with van der Waals surface area (Å²) in [4.78, 5) is 15.3. The van der Waals surface area contributed by atoms with Crippen LogP contribution in [0.4, 0.5) is 0 Å². The molecule has 8 heteroatoms. The molecule has 0 bridgehead atoms. The molecule has 29 heavy (non-hydrogen) atoms. The minimum atomic E-state index is 0. The molecular weight excluding hydrogens is 477 g/mol. The van der Waals surface area contributed by atoms with E-state index >= 15 is 0 Å². The molecule has 0 saturated carbocycles. The van der Waals surface area contributed by atoms with Crippen molar-refractivity contribution in [1.29, 1.82) is 0 Å². The topological polar surface area (TPSA) is 74.1 Å². The molecular formula is C21H30IN7. The van der Waals surface area contributed by atoms with E-state index in [1.807, 2.05) is 36.1 Å². The van der Waals surface area contributed by atoms with Crippen molar-refractivity contribution in [2.45, 2.75) is 32.1 Å². The number of halogens is 1. The molecule has 7 nitrogen and oxygen atoms in total. The van der Waals surface area contributed by atoms with Gasteiger partial charge in [0.1, 0.15) is 5.82 Å². The number of hydrogen-bond donors (Lipinski definition) is 2. The Morgan fingerprint density at radius 2 is 2.21 bits per heavy atom. The third-order valence-corrected chi connectivity index (χ3v) is 5.29. The van der Waals surface area contributed by atoms with Gasteiger partial charge >= 0.3 is 0 Å². The van der Waals surface area contributed by atoms with Gasteiger partial charge in [-0.2, -0.15) is 5.10 Å². The van der Waals surface area contributed by atoms with Crippen LogP contribution in [0.1, 0.15) is 37.1 Å². The van der Waals surface area contributed by atoms with Crippen molar-refractivity contribution in [3.63, 3.8) is 0 Å². The summed E-state index contributed by atoms with van der Waals surface area (Å²) >= 11 is 0. The van der Waals surface area contributed by atoms with E-state index in [0.29, 0.717) is 5.92 Å². The van der Waals surface area contributed by atoms with E-state index in [9.17, 15) is 0 Å². The Kier molecular flexibility index (Phi) is 7.51. The van der Waals surface area contributed by atoms with Gasteiger partial charge in [0.05, 0.1) is 17.2 Å². The lowest BCUT2D eigenvalue weighted by Crippen LogP contribution is -2.40. The normalized spacial score (nSPS) is 17.0. The van der Waals surface area contributed by atoms with Crippen LogP contribution in [-0.2, 0) is 13.5 Å². The number of guanidine groups is 1. The van der Waals surface area contributed by atoms with E-state index < -0.39 is 0 Å². The van der Waals surface area contributed by atoms with Crippen molar-refractivity contribution in [3.05, 3.63) is 48.0 Å². The summed E-state index contributed by atoms with van der Waals surface area (Å²) in [6, 6.07) is 8.17. The zero-order valence-corrected chi connectivity index (χ0v) is 19.5. The highest BCUT2D eigenvalue weighted by Gasteiger charge is 2.26. The molecule has 1 atom stereocenters. The number of aliphatic imine (C=N–C) groups is 1. The first kappa shape index (κ1) is 21.6. The molecule has 2 aromatic heterocycles. The van der Waals surface area contributed by atoms with Gasteiger partial charge in [0.25, 0.3) is 0 Å². The Bertz CT molecular complexity index is 912. The van der Waals surface area contributed by atoms with E-state index in [-0.39, 0.29) is 24.0 Å². The summed E-state index contributed by atoms with van der Waals surface area (Å²) in [6.07, 6.45) is 7.16. The van der Waals surface area contributed by atoms with Crippen LogP contribution in [-0.4, -0.2) is 56.8 Å². The molecule has 0 spiro atoms. The molecule has 0 amide bonds. The molecule has 1 aliphatic heterocycles. The minimum Gasteiger partial charge on any atom is -0.357 e. The third kappa shape index (κ3) is 5.29. The maximum Gasteiger partial charge on any atom is 0.193 e. The van der Waals surface area contributed by atoms with Crippen molar-refractivity contribution in [3.8, 4) is 0 Å². The number of H-pyrrole nitrogens is 1. The molecule has 4 rings (SSSR count). The number of likely N-dealkylation sites (tertiary alicyclic amines) is 1. The number of para-hydroxylation sites is 2. The number of rotatable bonds is 6. The Morgan fingerprint density at radius 3 is 2.97 bits per heavy atom. The van der Waals surface area contributed by atoms with Crippen molar-refractivity contribution in [2.75, 3.05) is 26.2 Å². The second kappa shape index (κ2) is 10.1. The van der Waals surface area contributed by atoms with Crippen LogP contribution in [0.15, 0.2) is 41.7 Å². The first-order valence-corrected chi connectivity index (χ1v) is 10.2. The third-order valence-electron chi connectivity index (χ3n) is 5.29. The van der Waals surface area contributed by atoms with Gasteiger partial charge in [-0.15, -0.1) is 24.0 Å². The van der Waals surface area contributed by atoms with Gasteiger partial charge in [-0.1, -0.05) is 12.1 Å². The molecule has 3 heterocycles. The number of hydrogen-bond acceptors (Lipinski definition) is 3. The van der Waals surface area contributed by atoms with Crippen molar-refractivity contribution < 1.29 is 0 Å². The molecule has 156 valence electrons. The lowest BCUT2D eigenvalue weighted by molar-refractivity contribution is 0.485. The molecule has 1 unspecified atom stereocenters. The standard InChI is InChI=1S/C21H29N7.HI/c1-3-22-21(28-12-10-16(15-28)17-13-24-27(2)14-17)23-11-6-9-20-25-18-7-4-5-8-19(18)26-20;/h4-5,7-8,13-14,16H,3,6,9-12,15H2,1-2H3,(H,22,23)(H,25,26);1H. The molecule has 1 saturated heterocycles. The lowest BCUT2D eigenvalue weighted by atomic mass is 10.0. The smallest absolute Gasteiger partial charge is 0.193 e. The van der Waals surface area contributed by atoms with Crippen LogP contribution in [0.3, 0.4) is 0 Å². The molecule has 3 aromatic rings. The molecule has 1 fully saturated rings. The first-order chi connectivity index (χ1) is 13.7. The van der Waals surface area contributed by atoms with E-state index in [0.717, 1.165) is 68.3 Å². The second-order valence-corrected chi connectivity index (χ2v) is 7.42. The Balaban J connectivity index is 0.00000240. The van der Waals surface area contributed by atoms with Crippen LogP contribution >= 0.6 is 24.0 Å². The monoisotopic (exact) mass is 507 g/mol. The Morgan fingerprint density at radius 1 is 1.34 bits per heavy atom. The summed E-state index contributed by atoms with van der Waals surface area (Å²) < 4.78 is 1.88. The van der Waals surface area contributed by atoms with Gasteiger partial charge in [0.15, 0.2) is 5.96 Å². The van der Waals surface area contributed by atoms with Crippen LogP contribution in [0.25, 0.3) is 11.0 Å². The fourth-order valence-corrected chi connectivity index (χ4v) is 3.86. The SMILES string of the molecule is CCNC(=NCCCc1nc2ccccc2[nH]1)N1CCC(c2cnn(C)c2)C1.I. The predicted molar refractivity (Wildman–Crippen MR) is 128 cm³/mol. The number of benzene rings is 1. The van der Waals surface area contributed by atoms with Crippen molar-refractivity contribution >= 4 is 41.0 Å². The maximum atomic E-state index is 4.87. The van der Waals surface area contributed by atoms with E-state index in [1.54, 1.807) is 0 Å². The predicted octanol–water partition coefficient (Wildman–Crippen LogP) is 3.30. The highest BCUT2D eigenvalue weighted by atomic mass is 127. The summed E-state index contributed by atoms with van der Waals surface area (Å²) in [6.45, 7) is 5.85. The summed E-state index contributed by atoms with van der Waals surface area (Å²) in [5.74, 6) is 2.60. The lowest BCUT2D eigenvalue weighted by Gasteiger charge is -2.21. The molecule has 2 N–H and O–H groups in total. The Hall–Kier alpha value is -2.10. The average molecular weight is 507 g/mol. The number of fused-ring (bicyclic) bond motifs is 1. The first-order valence-electron chi connectivity index (χ1n) is 10.2. The fraction of sp³-hybridized carbons (Fsp3) is 0.476. The summed E-state index contributed by atoms with van der Waals surface area (Å²) in [5, 5.41) is 7.77. The van der Waals surface area contributed by atoms with Gasteiger partial charge in [0.2, 0.25) is 0 Å². The quantitative estimate of drug-likeness (QED) is 0.233. The van der Waals surface area contributed by atoms with E-state index in [2.05, 4.69) is 44.5 Å². The van der Waals surface area contributed by atoms with Crippen molar-refractivity contribution in [1.82, 2.24) is 30.0 Å². The van der Waals surface area contributed by atoms with Gasteiger partial charge < -0.3 is 15.2 Å². The highest BCUT2D eigenvalue weighted by Crippen LogP contribution is 2.26. The van der Waals surface area contributed by atoms with Crippen LogP contribution in [0.2, 0.25) is 0 Å². The second-order valence-electron chi connectivity index (χ2n) is 7.42. The molecule has 1 aromatic carbocycles. The van der Waals surface area contributed by atoms with Gasteiger partial charge in [-0.3, -0.25) is 9.67 Å². The van der Waals surface area contributed by atoms with Crippen molar-refractivity contribution in [2.24, 2.45) is 12.0 Å². The molecule has 0 radical (unpaired) electrons. The van der Waals surface area contributed by atoms with Gasteiger partial charge in [-0.25, -0.2) is 4.98 Å². The van der Waals surface area contributed by atoms with Gasteiger partial charge in [-0.05, 0) is 37.5 Å². The maximum absolute atomic E-state index is 4.87. The van der Waals surface area contributed by atoms with Crippen LogP contribution in [0, 0.1) is 0 Å². The van der Waals surface area contributed by atoms with Crippen LogP contribution in [0.5, 0.6) is 0 Å². The van der Waals surface area contributed by atoms with Gasteiger partial charge in [0, 0.05) is 51.8 Å². The minimum absolute atomic E-state index is 0. The summed E-state index contributed by atoms with van der Waals surface area (Å²) in [7, 11) is 1.98. The van der Waals surface area contributed by atoms with Crippen LogP contribution < -0.4 is 5.32 Å². The number of nitrogens with one attached hydrogen (secondary N) is 2. The highest BCUT2D eigenvalue weighted by molar-refractivity contribution is 14.0. The summed E-state index contributed by atoms with van der Waals surface area (Å²) in [5.41, 5.74) is 3.46. The van der Waals surface area contributed by atoms with E-state index in [4.69, 9.17) is 4.99 Å². The average Bonchev–Trinajstić information content (AvgIpc) is 3.42. The van der Waals surface area contributed by atoms with E-state index in [1.165, 1.54) is 5.56 Å². The number of nitrogens with zero attached hydrogens (tertiary/aromatic N) is 5. The largest absolute Gasteiger partial charge is 0.357 e.